The lowest BCUT2D eigenvalue weighted by atomic mass is 10.2. The highest BCUT2D eigenvalue weighted by molar-refractivity contribution is 5.36. The van der Waals surface area contributed by atoms with Crippen molar-refractivity contribution in [1.29, 1.82) is 0 Å². The molecule has 88 valence electrons. The van der Waals surface area contributed by atoms with Gasteiger partial charge in [-0.1, -0.05) is 6.07 Å². The number of ether oxygens (including phenoxy) is 1. The molecule has 0 saturated heterocycles. The van der Waals surface area contributed by atoms with Crippen molar-refractivity contribution < 1.29 is 13.5 Å². The minimum Gasteiger partial charge on any atom is -0.424 e. The van der Waals surface area contributed by atoms with Crippen LogP contribution in [0.3, 0.4) is 0 Å². The van der Waals surface area contributed by atoms with Gasteiger partial charge >= 0.3 is 6.01 Å². The van der Waals surface area contributed by atoms with Crippen molar-refractivity contribution in [2.75, 3.05) is 0 Å². The molecule has 2 N–H and O–H groups in total. The summed E-state index contributed by atoms with van der Waals surface area (Å²) in [5.41, 5.74) is 5.63. The van der Waals surface area contributed by atoms with Gasteiger partial charge in [0.05, 0.1) is 12.4 Å². The van der Waals surface area contributed by atoms with E-state index in [1.54, 1.807) is 0 Å². The highest BCUT2D eigenvalue weighted by Gasteiger charge is 2.09. The highest BCUT2D eigenvalue weighted by atomic mass is 19.1. The number of halogens is 2. The van der Waals surface area contributed by atoms with Crippen LogP contribution in [0.4, 0.5) is 8.78 Å². The second-order valence-corrected chi connectivity index (χ2v) is 3.21. The topological polar surface area (TPSA) is 61.0 Å². The average molecular weight is 237 g/mol. The zero-order valence-corrected chi connectivity index (χ0v) is 8.73. The molecule has 1 aromatic carbocycles. The van der Waals surface area contributed by atoms with Crippen LogP contribution in [-0.2, 0) is 6.54 Å². The van der Waals surface area contributed by atoms with E-state index in [1.807, 2.05) is 0 Å². The Morgan fingerprint density at radius 2 is 1.88 bits per heavy atom. The predicted octanol–water partition coefficient (Wildman–Crippen LogP) is 2.01. The molecule has 0 amide bonds. The summed E-state index contributed by atoms with van der Waals surface area (Å²) in [4.78, 5) is 7.21. The fourth-order valence-corrected chi connectivity index (χ4v) is 1.28. The SMILES string of the molecule is NCc1c(F)cccc1Oc1ncc(F)cn1. The van der Waals surface area contributed by atoms with E-state index < -0.39 is 11.6 Å². The van der Waals surface area contributed by atoms with Crippen molar-refractivity contribution in [3.8, 4) is 11.8 Å². The van der Waals surface area contributed by atoms with Crippen LogP contribution in [-0.4, -0.2) is 9.97 Å². The van der Waals surface area contributed by atoms with Gasteiger partial charge in [-0.2, -0.15) is 0 Å². The number of rotatable bonds is 3. The van der Waals surface area contributed by atoms with Gasteiger partial charge in [0.15, 0.2) is 5.82 Å². The normalized spacial score (nSPS) is 10.3. The smallest absolute Gasteiger partial charge is 0.322 e. The summed E-state index contributed by atoms with van der Waals surface area (Å²) in [6.45, 7) is -0.0107. The number of hydrogen-bond acceptors (Lipinski definition) is 4. The minimum absolute atomic E-state index is 0.0107. The van der Waals surface area contributed by atoms with E-state index in [4.69, 9.17) is 10.5 Å². The molecule has 0 aliphatic heterocycles. The number of hydrogen-bond donors (Lipinski definition) is 1. The van der Waals surface area contributed by atoms with Crippen molar-refractivity contribution in [2.24, 2.45) is 5.73 Å². The van der Waals surface area contributed by atoms with Crippen molar-refractivity contribution in [2.45, 2.75) is 6.54 Å². The minimum atomic E-state index is -0.573. The standard InChI is InChI=1S/C11H9F2N3O/c12-7-5-15-11(16-6-7)17-10-3-1-2-9(13)8(10)4-14/h1-3,5-6H,4,14H2. The Balaban J connectivity index is 2.29. The molecule has 0 bridgehead atoms. The Morgan fingerprint density at radius 1 is 1.18 bits per heavy atom. The van der Waals surface area contributed by atoms with Crippen LogP contribution >= 0.6 is 0 Å². The summed E-state index contributed by atoms with van der Waals surface area (Å²) in [7, 11) is 0. The fourth-order valence-electron chi connectivity index (χ4n) is 1.28. The highest BCUT2D eigenvalue weighted by Crippen LogP contribution is 2.24. The molecule has 17 heavy (non-hydrogen) atoms. The first-order valence-corrected chi connectivity index (χ1v) is 4.83. The maximum Gasteiger partial charge on any atom is 0.322 e. The van der Waals surface area contributed by atoms with Crippen molar-refractivity contribution >= 4 is 0 Å². The second kappa shape index (κ2) is 4.84. The molecule has 0 spiro atoms. The number of nitrogens with zero attached hydrogens (tertiary/aromatic N) is 2. The predicted molar refractivity (Wildman–Crippen MR) is 56.4 cm³/mol. The lowest BCUT2D eigenvalue weighted by Gasteiger charge is -2.08. The van der Waals surface area contributed by atoms with E-state index in [9.17, 15) is 8.78 Å². The van der Waals surface area contributed by atoms with Crippen molar-refractivity contribution in [3.05, 3.63) is 47.8 Å². The molecular weight excluding hydrogens is 228 g/mol. The van der Waals surface area contributed by atoms with Gasteiger partial charge in [-0.15, -0.1) is 0 Å². The lowest BCUT2D eigenvalue weighted by Crippen LogP contribution is -2.03. The van der Waals surface area contributed by atoms with Gasteiger partial charge in [-0.3, -0.25) is 0 Å². The molecule has 2 aromatic rings. The first-order valence-electron chi connectivity index (χ1n) is 4.83. The third kappa shape index (κ3) is 2.54. The van der Waals surface area contributed by atoms with Gasteiger partial charge in [0.1, 0.15) is 11.6 Å². The van der Waals surface area contributed by atoms with Gasteiger partial charge in [0, 0.05) is 12.1 Å². The molecule has 0 saturated carbocycles. The van der Waals surface area contributed by atoms with Gasteiger partial charge in [0.25, 0.3) is 0 Å². The molecular formula is C11H9F2N3O. The van der Waals surface area contributed by atoms with Crippen LogP contribution in [0.15, 0.2) is 30.6 Å². The van der Waals surface area contributed by atoms with Crippen LogP contribution in [0.2, 0.25) is 0 Å². The molecule has 2 rings (SSSR count). The number of benzene rings is 1. The average Bonchev–Trinajstić information content (AvgIpc) is 2.32. The van der Waals surface area contributed by atoms with Crippen LogP contribution in [0.5, 0.6) is 11.8 Å². The molecule has 1 aromatic heterocycles. The number of aromatic nitrogens is 2. The Bertz CT molecular complexity index is 517. The lowest BCUT2D eigenvalue weighted by molar-refractivity contribution is 0.426. The third-order valence-corrected chi connectivity index (χ3v) is 2.08. The van der Waals surface area contributed by atoms with Crippen molar-refractivity contribution in [3.63, 3.8) is 0 Å². The van der Waals surface area contributed by atoms with Crippen LogP contribution in [0.1, 0.15) is 5.56 Å². The summed E-state index contributed by atoms with van der Waals surface area (Å²) >= 11 is 0. The first-order chi connectivity index (χ1) is 8.20. The molecule has 4 nitrogen and oxygen atoms in total. The zero-order chi connectivity index (χ0) is 12.3. The zero-order valence-electron chi connectivity index (χ0n) is 8.73. The summed E-state index contributed by atoms with van der Waals surface area (Å²) in [5.74, 6) is -0.818. The van der Waals surface area contributed by atoms with Gasteiger partial charge in [0.2, 0.25) is 0 Å². The Kier molecular flexibility index (Phi) is 3.24. The van der Waals surface area contributed by atoms with Crippen LogP contribution < -0.4 is 10.5 Å². The van der Waals surface area contributed by atoms with E-state index in [-0.39, 0.29) is 23.9 Å². The third-order valence-electron chi connectivity index (χ3n) is 2.08. The van der Waals surface area contributed by atoms with E-state index in [2.05, 4.69) is 9.97 Å². The molecule has 0 aliphatic rings. The Labute approximate surface area is 96.1 Å². The van der Waals surface area contributed by atoms with E-state index >= 15 is 0 Å². The fraction of sp³-hybridized carbons (Fsp3) is 0.0909. The molecule has 0 atom stereocenters. The van der Waals surface area contributed by atoms with Crippen LogP contribution in [0.25, 0.3) is 0 Å². The molecule has 0 fully saturated rings. The summed E-state index contributed by atoms with van der Waals surface area (Å²) in [6, 6.07) is 4.23. The molecule has 0 radical (unpaired) electrons. The van der Waals surface area contributed by atoms with E-state index in [0.717, 1.165) is 12.4 Å². The summed E-state index contributed by atoms with van der Waals surface area (Å²) in [5, 5.41) is 0. The monoisotopic (exact) mass is 237 g/mol. The molecule has 6 heteroatoms. The first kappa shape index (κ1) is 11.4. The Hall–Kier alpha value is -2.08. The summed E-state index contributed by atoms with van der Waals surface area (Å²) in [6.07, 6.45) is 1.92. The van der Waals surface area contributed by atoms with Gasteiger partial charge in [-0.25, -0.2) is 18.7 Å². The largest absolute Gasteiger partial charge is 0.424 e. The van der Waals surface area contributed by atoms with Gasteiger partial charge < -0.3 is 10.5 Å². The maximum atomic E-state index is 13.4. The van der Waals surface area contributed by atoms with Crippen molar-refractivity contribution in [1.82, 2.24) is 9.97 Å². The van der Waals surface area contributed by atoms with Gasteiger partial charge in [-0.05, 0) is 12.1 Å². The van der Waals surface area contributed by atoms with Crippen LogP contribution in [0, 0.1) is 11.6 Å². The second-order valence-electron chi connectivity index (χ2n) is 3.21. The maximum absolute atomic E-state index is 13.4. The quantitative estimate of drug-likeness (QED) is 0.886. The Morgan fingerprint density at radius 3 is 2.53 bits per heavy atom. The molecule has 1 heterocycles. The molecule has 0 aliphatic carbocycles. The summed E-state index contributed by atoms with van der Waals surface area (Å²) < 4.78 is 31.2. The number of nitrogens with two attached hydrogens (primary N) is 1. The molecule has 0 unspecified atom stereocenters. The van der Waals surface area contributed by atoms with E-state index in [0.29, 0.717) is 0 Å². The van der Waals surface area contributed by atoms with E-state index in [1.165, 1.54) is 18.2 Å².